The molecule has 0 heterocycles. The molecule has 0 bridgehead atoms. The predicted octanol–water partition coefficient (Wildman–Crippen LogP) is 5.62. The molecule has 2 aromatic rings. The Kier molecular flexibility index (Phi) is 4.46. The van der Waals surface area contributed by atoms with Gasteiger partial charge in [0, 0.05) is 8.95 Å². The lowest BCUT2D eigenvalue weighted by Gasteiger charge is -2.12. The van der Waals surface area contributed by atoms with Gasteiger partial charge in [0.15, 0.2) is 0 Å². The van der Waals surface area contributed by atoms with Crippen LogP contribution in [0, 0.1) is 17.1 Å². The van der Waals surface area contributed by atoms with Crippen LogP contribution in [0.2, 0.25) is 5.02 Å². The standard InChI is InChI=1S/C13H6Br2ClFN2/c14-9-3-7(6-18)1-2-12(9)19-13-10(15)4-8(17)5-11(13)16/h1-5,19H. The van der Waals surface area contributed by atoms with Gasteiger partial charge in [0.2, 0.25) is 0 Å². The molecule has 2 nitrogen and oxygen atoms in total. The number of halogens is 4. The molecule has 96 valence electrons. The number of rotatable bonds is 2. The molecule has 0 saturated heterocycles. The van der Waals surface area contributed by atoms with Crippen LogP contribution in [-0.2, 0) is 0 Å². The second-order valence-corrected chi connectivity index (χ2v) is 5.79. The first-order valence-electron chi connectivity index (χ1n) is 5.12. The number of anilines is 2. The van der Waals surface area contributed by atoms with Gasteiger partial charge in [-0.3, -0.25) is 0 Å². The minimum atomic E-state index is -0.415. The molecule has 0 unspecified atom stereocenters. The second-order valence-electron chi connectivity index (χ2n) is 3.68. The third kappa shape index (κ3) is 3.27. The molecule has 6 heteroatoms. The molecule has 0 amide bonds. The Morgan fingerprint density at radius 3 is 2.47 bits per heavy atom. The lowest BCUT2D eigenvalue weighted by molar-refractivity contribution is 0.627. The fourth-order valence-electron chi connectivity index (χ4n) is 1.48. The van der Waals surface area contributed by atoms with Crippen LogP contribution < -0.4 is 5.32 Å². The van der Waals surface area contributed by atoms with Gasteiger partial charge < -0.3 is 5.32 Å². The summed E-state index contributed by atoms with van der Waals surface area (Å²) in [6.07, 6.45) is 0. The monoisotopic (exact) mass is 402 g/mol. The van der Waals surface area contributed by atoms with Crippen molar-refractivity contribution in [3.05, 3.63) is 55.7 Å². The van der Waals surface area contributed by atoms with Gasteiger partial charge in [0.25, 0.3) is 0 Å². The maximum absolute atomic E-state index is 13.1. The van der Waals surface area contributed by atoms with Crippen LogP contribution in [0.1, 0.15) is 5.56 Å². The highest BCUT2D eigenvalue weighted by molar-refractivity contribution is 9.11. The predicted molar refractivity (Wildman–Crippen MR) is 81.2 cm³/mol. The van der Waals surface area contributed by atoms with Crippen LogP contribution in [0.3, 0.4) is 0 Å². The fourth-order valence-corrected chi connectivity index (χ4v) is 2.86. The maximum atomic E-state index is 13.1. The molecule has 0 atom stereocenters. The zero-order chi connectivity index (χ0) is 14.0. The minimum Gasteiger partial charge on any atom is -0.352 e. The third-order valence-corrected chi connectivity index (χ3v) is 3.94. The first-order valence-corrected chi connectivity index (χ1v) is 7.09. The number of hydrogen-bond acceptors (Lipinski definition) is 2. The zero-order valence-corrected chi connectivity index (χ0v) is 13.3. The minimum absolute atomic E-state index is 0.267. The number of hydrogen-bond donors (Lipinski definition) is 1. The summed E-state index contributed by atoms with van der Waals surface area (Å²) in [6.45, 7) is 0. The summed E-state index contributed by atoms with van der Waals surface area (Å²) in [5.41, 5.74) is 1.84. The summed E-state index contributed by atoms with van der Waals surface area (Å²) in [7, 11) is 0. The van der Waals surface area contributed by atoms with E-state index in [1.807, 2.05) is 6.07 Å². The molecule has 2 rings (SSSR count). The Morgan fingerprint density at radius 1 is 1.16 bits per heavy atom. The Morgan fingerprint density at radius 2 is 1.89 bits per heavy atom. The van der Waals surface area contributed by atoms with Crippen molar-refractivity contribution in [3.63, 3.8) is 0 Å². The molecule has 0 aliphatic carbocycles. The third-order valence-electron chi connectivity index (χ3n) is 2.36. The fraction of sp³-hybridized carbons (Fsp3) is 0. The molecule has 0 aromatic heterocycles. The van der Waals surface area contributed by atoms with Crippen molar-refractivity contribution >= 4 is 54.8 Å². The summed E-state index contributed by atoms with van der Waals surface area (Å²) >= 11 is 12.6. The van der Waals surface area contributed by atoms with E-state index in [4.69, 9.17) is 16.9 Å². The van der Waals surface area contributed by atoms with E-state index in [9.17, 15) is 4.39 Å². The first kappa shape index (κ1) is 14.3. The Hall–Kier alpha value is -1.09. The molecule has 19 heavy (non-hydrogen) atoms. The number of nitrogens with one attached hydrogen (secondary N) is 1. The van der Waals surface area contributed by atoms with E-state index < -0.39 is 5.82 Å². The quantitative estimate of drug-likeness (QED) is 0.705. The first-order chi connectivity index (χ1) is 9.01. The van der Waals surface area contributed by atoms with Crippen molar-refractivity contribution in [2.45, 2.75) is 0 Å². The van der Waals surface area contributed by atoms with Crippen molar-refractivity contribution in [3.8, 4) is 6.07 Å². The normalized spacial score (nSPS) is 10.1. The van der Waals surface area contributed by atoms with Gasteiger partial charge in [-0.05, 0) is 62.2 Å². The van der Waals surface area contributed by atoms with E-state index in [0.717, 1.165) is 10.2 Å². The van der Waals surface area contributed by atoms with E-state index in [-0.39, 0.29) is 5.02 Å². The topological polar surface area (TPSA) is 35.8 Å². The average molecular weight is 404 g/mol. The second kappa shape index (κ2) is 5.91. The Bertz CT molecular complexity index is 660. The number of benzene rings is 2. The van der Waals surface area contributed by atoms with Crippen LogP contribution in [0.4, 0.5) is 15.8 Å². The highest BCUT2D eigenvalue weighted by Gasteiger charge is 2.10. The van der Waals surface area contributed by atoms with Gasteiger partial charge >= 0.3 is 0 Å². The van der Waals surface area contributed by atoms with Crippen LogP contribution >= 0.6 is 43.5 Å². The van der Waals surface area contributed by atoms with Gasteiger partial charge in [0.1, 0.15) is 5.82 Å². The van der Waals surface area contributed by atoms with Crippen LogP contribution in [0.15, 0.2) is 39.3 Å². The summed E-state index contributed by atoms with van der Waals surface area (Å²) < 4.78 is 14.4. The SMILES string of the molecule is N#Cc1ccc(Nc2c(Cl)cc(F)cc2Br)c(Br)c1. The lowest BCUT2D eigenvalue weighted by Crippen LogP contribution is -1.95. The van der Waals surface area contributed by atoms with E-state index in [2.05, 4.69) is 37.2 Å². The van der Waals surface area contributed by atoms with Gasteiger partial charge in [-0.2, -0.15) is 5.26 Å². The molecule has 0 spiro atoms. The molecule has 0 fully saturated rings. The molecular weight excluding hydrogens is 398 g/mol. The van der Waals surface area contributed by atoms with Gasteiger partial charge in [-0.25, -0.2) is 4.39 Å². The molecular formula is C13H6Br2ClFN2. The smallest absolute Gasteiger partial charge is 0.125 e. The highest BCUT2D eigenvalue weighted by Crippen LogP contribution is 2.36. The molecule has 2 aromatic carbocycles. The largest absolute Gasteiger partial charge is 0.352 e. The van der Waals surface area contributed by atoms with Crippen molar-refractivity contribution in [2.75, 3.05) is 5.32 Å². The zero-order valence-electron chi connectivity index (χ0n) is 9.35. The van der Waals surface area contributed by atoms with E-state index in [0.29, 0.717) is 15.7 Å². The number of nitriles is 1. The molecule has 1 N–H and O–H groups in total. The van der Waals surface area contributed by atoms with Crippen molar-refractivity contribution in [1.29, 1.82) is 5.26 Å². The van der Waals surface area contributed by atoms with Gasteiger partial charge in [-0.1, -0.05) is 11.6 Å². The van der Waals surface area contributed by atoms with Crippen LogP contribution in [0.5, 0.6) is 0 Å². The van der Waals surface area contributed by atoms with Crippen molar-refractivity contribution < 1.29 is 4.39 Å². The van der Waals surface area contributed by atoms with Crippen molar-refractivity contribution in [2.24, 2.45) is 0 Å². The van der Waals surface area contributed by atoms with E-state index in [1.165, 1.54) is 12.1 Å². The Labute approximate surface area is 131 Å². The van der Waals surface area contributed by atoms with Gasteiger partial charge in [0.05, 0.1) is 28.0 Å². The highest BCUT2D eigenvalue weighted by atomic mass is 79.9. The molecule has 0 saturated carbocycles. The van der Waals surface area contributed by atoms with E-state index in [1.54, 1.807) is 18.2 Å². The average Bonchev–Trinajstić information content (AvgIpc) is 2.35. The number of nitrogens with zero attached hydrogens (tertiary/aromatic N) is 1. The van der Waals surface area contributed by atoms with Crippen molar-refractivity contribution in [1.82, 2.24) is 0 Å². The summed E-state index contributed by atoms with van der Waals surface area (Å²) in [5.74, 6) is -0.415. The molecule has 0 aliphatic heterocycles. The summed E-state index contributed by atoms with van der Waals surface area (Å²) in [4.78, 5) is 0. The van der Waals surface area contributed by atoms with Crippen LogP contribution in [0.25, 0.3) is 0 Å². The van der Waals surface area contributed by atoms with E-state index >= 15 is 0 Å². The van der Waals surface area contributed by atoms with Crippen LogP contribution in [-0.4, -0.2) is 0 Å². The summed E-state index contributed by atoms with van der Waals surface area (Å²) in [5, 5.41) is 12.2. The summed E-state index contributed by atoms with van der Waals surface area (Å²) in [6, 6.07) is 9.71. The molecule has 0 radical (unpaired) electrons. The van der Waals surface area contributed by atoms with Gasteiger partial charge in [-0.15, -0.1) is 0 Å². The maximum Gasteiger partial charge on any atom is 0.125 e. The molecule has 0 aliphatic rings. The Balaban J connectivity index is 2.40. The lowest BCUT2D eigenvalue weighted by atomic mass is 10.2.